The van der Waals surface area contributed by atoms with Crippen molar-refractivity contribution in [2.45, 2.75) is 52.3 Å². The van der Waals surface area contributed by atoms with Gasteiger partial charge in [-0.25, -0.2) is 22.3 Å². The minimum atomic E-state index is -2.46. The third-order valence-corrected chi connectivity index (χ3v) is 6.86. The summed E-state index contributed by atoms with van der Waals surface area (Å²) in [6.45, 7) is 8.47. The zero-order chi connectivity index (χ0) is 27.0. The van der Waals surface area contributed by atoms with Crippen LogP contribution in [0.3, 0.4) is 0 Å². The van der Waals surface area contributed by atoms with Gasteiger partial charge in [0.1, 0.15) is 29.0 Å². The Labute approximate surface area is 217 Å². The summed E-state index contributed by atoms with van der Waals surface area (Å²) in [6, 6.07) is 8.96. The van der Waals surface area contributed by atoms with Crippen LogP contribution in [-0.2, 0) is 15.5 Å². The molecule has 0 spiro atoms. The van der Waals surface area contributed by atoms with Crippen molar-refractivity contribution in [3.05, 3.63) is 59.8 Å². The molecule has 200 valence electrons. The summed E-state index contributed by atoms with van der Waals surface area (Å²) in [7, 11) is -2.46. The lowest BCUT2D eigenvalue weighted by molar-refractivity contribution is 0.261. The van der Waals surface area contributed by atoms with Gasteiger partial charge in [0, 0.05) is 39.2 Å². The standard InChI is InChI=1S/C25H28F2N4O3S.C2H6/c1-16(2)31-35(3,32)15-17-10-24-29-23-13-20(21(27)14-28-23)19-7-6-18(26)12-22(19)33-8-4-5-9-34-25(11-17)30-24;1-2/h6-7,10-14,16H,4-5,8-9,15H2,1-3H3,(H,28,29,30);1-2H3. The van der Waals surface area contributed by atoms with Gasteiger partial charge in [-0.15, -0.1) is 0 Å². The summed E-state index contributed by atoms with van der Waals surface area (Å²) in [5, 5.41) is 3.08. The summed E-state index contributed by atoms with van der Waals surface area (Å²) in [5.41, 5.74) is 1.38. The van der Waals surface area contributed by atoms with Gasteiger partial charge in [-0.3, -0.25) is 0 Å². The molecule has 0 saturated carbocycles. The van der Waals surface area contributed by atoms with Crippen molar-refractivity contribution in [1.82, 2.24) is 9.97 Å². The van der Waals surface area contributed by atoms with Crippen LogP contribution in [0.5, 0.6) is 11.6 Å². The first kappa shape index (κ1) is 28.3. The van der Waals surface area contributed by atoms with Gasteiger partial charge in [-0.1, -0.05) is 13.8 Å². The number of halogens is 2. The molecule has 0 radical (unpaired) electrons. The molecule has 3 aromatic rings. The lowest BCUT2D eigenvalue weighted by atomic mass is 10.0. The van der Waals surface area contributed by atoms with E-state index in [0.29, 0.717) is 49.1 Å². The van der Waals surface area contributed by atoms with Crippen LogP contribution in [0, 0.1) is 11.6 Å². The van der Waals surface area contributed by atoms with E-state index in [0.717, 1.165) is 11.8 Å². The molecule has 1 unspecified atom stereocenters. The average Bonchev–Trinajstić information content (AvgIpc) is 2.82. The van der Waals surface area contributed by atoms with Gasteiger partial charge in [-0.05, 0) is 56.5 Å². The Bertz CT molecular complexity index is 1340. The SMILES string of the molecule is CC.CC(C)N=S(C)(=O)Cc1cc2nc(c1)OCCCCOc1cc(F)ccc1-c1cc(ncc1F)N2. The topological polar surface area (TPSA) is 85.7 Å². The Kier molecular flexibility index (Phi) is 9.79. The van der Waals surface area contributed by atoms with Crippen molar-refractivity contribution in [1.29, 1.82) is 0 Å². The van der Waals surface area contributed by atoms with Crippen molar-refractivity contribution in [3.63, 3.8) is 0 Å². The van der Waals surface area contributed by atoms with Crippen molar-refractivity contribution in [2.75, 3.05) is 24.8 Å². The first-order valence-corrected chi connectivity index (χ1v) is 14.5. The van der Waals surface area contributed by atoms with Crippen LogP contribution in [0.4, 0.5) is 20.4 Å². The van der Waals surface area contributed by atoms with Gasteiger partial charge in [0.15, 0.2) is 0 Å². The molecule has 1 atom stereocenters. The largest absolute Gasteiger partial charge is 0.493 e. The van der Waals surface area contributed by atoms with E-state index in [9.17, 15) is 13.0 Å². The van der Waals surface area contributed by atoms with Crippen molar-refractivity contribution < 1.29 is 22.5 Å². The molecule has 10 heteroatoms. The molecule has 4 rings (SSSR count). The number of fused-ring (bicyclic) bond motifs is 6. The maximum Gasteiger partial charge on any atom is 0.215 e. The van der Waals surface area contributed by atoms with Gasteiger partial charge in [-0.2, -0.15) is 4.98 Å². The summed E-state index contributed by atoms with van der Waals surface area (Å²) >= 11 is 0. The number of hydrogen-bond acceptors (Lipinski definition) is 7. The molecule has 1 aliphatic rings. The van der Waals surface area contributed by atoms with E-state index in [-0.39, 0.29) is 23.1 Å². The highest BCUT2D eigenvalue weighted by Crippen LogP contribution is 2.34. The molecule has 4 bridgehead atoms. The van der Waals surface area contributed by atoms with Gasteiger partial charge < -0.3 is 14.8 Å². The van der Waals surface area contributed by atoms with Gasteiger partial charge in [0.2, 0.25) is 5.88 Å². The lowest BCUT2D eigenvalue weighted by Gasteiger charge is -2.14. The van der Waals surface area contributed by atoms with Gasteiger partial charge >= 0.3 is 0 Å². The maximum absolute atomic E-state index is 14.8. The molecule has 37 heavy (non-hydrogen) atoms. The van der Waals surface area contributed by atoms with E-state index < -0.39 is 21.4 Å². The molecule has 0 saturated heterocycles. The van der Waals surface area contributed by atoms with E-state index in [4.69, 9.17) is 9.47 Å². The van der Waals surface area contributed by atoms with E-state index in [1.165, 1.54) is 24.3 Å². The molecular weight excluding hydrogens is 498 g/mol. The highest BCUT2D eigenvalue weighted by atomic mass is 32.2. The molecule has 2 aromatic heterocycles. The Morgan fingerprint density at radius 3 is 2.49 bits per heavy atom. The number of nitrogens with one attached hydrogen (secondary N) is 1. The smallest absolute Gasteiger partial charge is 0.215 e. The number of rotatable bonds is 3. The molecule has 0 fully saturated rings. The summed E-state index contributed by atoms with van der Waals surface area (Å²) in [4.78, 5) is 8.62. The van der Waals surface area contributed by atoms with Crippen molar-refractivity contribution in [3.8, 4) is 22.8 Å². The van der Waals surface area contributed by atoms with E-state index in [2.05, 4.69) is 19.6 Å². The van der Waals surface area contributed by atoms with E-state index >= 15 is 0 Å². The molecular formula is C27H34F2N4O3S. The second-order valence-corrected chi connectivity index (χ2v) is 11.1. The second kappa shape index (κ2) is 12.8. The van der Waals surface area contributed by atoms with Crippen LogP contribution in [0.25, 0.3) is 11.1 Å². The van der Waals surface area contributed by atoms with E-state index in [1.807, 2.05) is 27.7 Å². The summed E-state index contributed by atoms with van der Waals surface area (Å²) < 4.78 is 57.6. The number of anilines is 2. The fourth-order valence-electron chi connectivity index (χ4n) is 3.82. The normalized spacial score (nSPS) is 14.7. The number of aromatic nitrogens is 2. The van der Waals surface area contributed by atoms with Crippen LogP contribution in [0.15, 0.2) is 47.0 Å². The molecule has 0 amide bonds. The van der Waals surface area contributed by atoms with Gasteiger partial charge in [0.25, 0.3) is 0 Å². The zero-order valence-corrected chi connectivity index (χ0v) is 22.7. The first-order chi connectivity index (χ1) is 17.7. The highest BCUT2D eigenvalue weighted by molar-refractivity contribution is 7.92. The summed E-state index contributed by atoms with van der Waals surface area (Å²) in [6.07, 6.45) is 4.02. The zero-order valence-electron chi connectivity index (χ0n) is 21.9. The van der Waals surface area contributed by atoms with Gasteiger partial charge in [0.05, 0.1) is 31.2 Å². The third-order valence-electron chi connectivity index (χ3n) is 5.12. The molecule has 7 nitrogen and oxygen atoms in total. The highest BCUT2D eigenvalue weighted by Gasteiger charge is 2.16. The molecule has 1 N–H and O–H groups in total. The van der Waals surface area contributed by atoms with E-state index in [1.54, 1.807) is 18.4 Å². The Hall–Kier alpha value is -3.27. The number of benzene rings is 1. The Morgan fingerprint density at radius 1 is 1.03 bits per heavy atom. The number of hydrogen-bond donors (Lipinski definition) is 1. The third kappa shape index (κ3) is 8.11. The lowest BCUT2D eigenvalue weighted by Crippen LogP contribution is -2.08. The molecule has 1 aliphatic heterocycles. The first-order valence-electron chi connectivity index (χ1n) is 12.4. The fraction of sp³-hybridized carbons (Fsp3) is 0.407. The van der Waals surface area contributed by atoms with Crippen LogP contribution in [0.2, 0.25) is 0 Å². The van der Waals surface area contributed by atoms with Crippen molar-refractivity contribution >= 4 is 21.4 Å². The predicted molar refractivity (Wildman–Crippen MR) is 144 cm³/mol. The quantitative estimate of drug-likeness (QED) is 0.402. The molecule has 1 aromatic carbocycles. The Balaban J connectivity index is 0.00000186. The fourth-order valence-corrected chi connectivity index (χ4v) is 5.57. The molecule has 0 aliphatic carbocycles. The van der Waals surface area contributed by atoms with Crippen LogP contribution >= 0.6 is 0 Å². The van der Waals surface area contributed by atoms with Crippen LogP contribution in [-0.4, -0.2) is 39.7 Å². The second-order valence-electron chi connectivity index (χ2n) is 8.72. The molecule has 3 heterocycles. The minimum absolute atomic E-state index is 0.0578. The number of pyridine rings is 2. The maximum atomic E-state index is 14.8. The van der Waals surface area contributed by atoms with Crippen LogP contribution in [0.1, 0.15) is 46.1 Å². The Morgan fingerprint density at radius 2 is 1.76 bits per heavy atom. The number of ether oxygens (including phenoxy) is 2. The van der Waals surface area contributed by atoms with Crippen molar-refractivity contribution in [2.24, 2.45) is 4.36 Å². The summed E-state index contributed by atoms with van der Waals surface area (Å²) in [5.74, 6) is 0.551. The monoisotopic (exact) mass is 532 g/mol. The average molecular weight is 533 g/mol. The predicted octanol–water partition coefficient (Wildman–Crippen LogP) is 6.75. The minimum Gasteiger partial charge on any atom is -0.493 e. The van der Waals surface area contributed by atoms with Crippen LogP contribution < -0.4 is 14.8 Å². The number of nitrogens with zero attached hydrogens (tertiary/aromatic N) is 3.